The summed E-state index contributed by atoms with van der Waals surface area (Å²) in [5.74, 6) is -0.814. The topological polar surface area (TPSA) is 49.4 Å². The van der Waals surface area contributed by atoms with Crippen molar-refractivity contribution in [3.05, 3.63) is 100 Å². The predicted octanol–water partition coefficient (Wildman–Crippen LogP) is 5.25. The number of halogens is 2. The lowest BCUT2D eigenvalue weighted by Gasteiger charge is -2.23. The molecule has 0 fully saturated rings. The minimum absolute atomic E-state index is 0.181. The van der Waals surface area contributed by atoms with Gasteiger partial charge in [0.25, 0.3) is 11.8 Å². The first-order chi connectivity index (χ1) is 14.5. The van der Waals surface area contributed by atoms with Crippen LogP contribution in [0.5, 0.6) is 0 Å². The van der Waals surface area contributed by atoms with Gasteiger partial charge in [-0.1, -0.05) is 41.4 Å². The second-order valence-corrected chi connectivity index (χ2v) is 7.30. The summed E-state index contributed by atoms with van der Waals surface area (Å²) in [5, 5.41) is 3.21. The van der Waals surface area contributed by atoms with Gasteiger partial charge in [0.15, 0.2) is 0 Å². The molecule has 0 aliphatic rings. The predicted molar refractivity (Wildman–Crippen MR) is 118 cm³/mol. The fraction of sp³-hybridized carbons (Fsp3) is 0.167. The van der Waals surface area contributed by atoms with E-state index in [2.05, 4.69) is 5.32 Å². The first-order valence-electron chi connectivity index (χ1n) is 9.62. The van der Waals surface area contributed by atoms with E-state index in [-0.39, 0.29) is 17.6 Å². The van der Waals surface area contributed by atoms with Crippen molar-refractivity contribution >= 4 is 29.1 Å². The van der Waals surface area contributed by atoms with E-state index in [0.717, 1.165) is 5.56 Å². The number of anilines is 1. The molecule has 0 unspecified atom stereocenters. The molecule has 3 rings (SSSR count). The van der Waals surface area contributed by atoms with Crippen LogP contribution in [-0.2, 0) is 0 Å². The van der Waals surface area contributed by atoms with Crippen LogP contribution >= 0.6 is 11.6 Å². The SMILES string of the molecule is Cc1ccc(C(=O)N(CCCNC(=O)c2ccccc2Cl)c2ccc(F)cc2)cc1. The molecule has 0 aliphatic heterocycles. The molecule has 30 heavy (non-hydrogen) atoms. The highest BCUT2D eigenvalue weighted by atomic mass is 35.5. The van der Waals surface area contributed by atoms with Crippen LogP contribution in [0.3, 0.4) is 0 Å². The van der Waals surface area contributed by atoms with Gasteiger partial charge in [0.2, 0.25) is 0 Å². The summed E-state index contributed by atoms with van der Waals surface area (Å²) in [6, 6.07) is 19.9. The lowest BCUT2D eigenvalue weighted by Crippen LogP contribution is -2.34. The quantitative estimate of drug-likeness (QED) is 0.526. The zero-order chi connectivity index (χ0) is 21.5. The van der Waals surface area contributed by atoms with Crippen molar-refractivity contribution in [1.29, 1.82) is 0 Å². The molecule has 2 amide bonds. The summed E-state index contributed by atoms with van der Waals surface area (Å²) in [6.45, 7) is 2.68. The van der Waals surface area contributed by atoms with Gasteiger partial charge in [0, 0.05) is 24.3 Å². The molecule has 0 saturated heterocycles. The summed E-state index contributed by atoms with van der Waals surface area (Å²) < 4.78 is 13.3. The number of benzene rings is 3. The summed E-state index contributed by atoms with van der Waals surface area (Å²) in [4.78, 5) is 26.9. The normalized spacial score (nSPS) is 10.5. The van der Waals surface area contributed by atoms with Crippen LogP contribution in [0.2, 0.25) is 5.02 Å². The van der Waals surface area contributed by atoms with Gasteiger partial charge in [-0.3, -0.25) is 9.59 Å². The van der Waals surface area contributed by atoms with E-state index in [1.54, 1.807) is 53.4 Å². The molecule has 154 valence electrons. The highest BCUT2D eigenvalue weighted by Gasteiger charge is 2.18. The molecule has 0 atom stereocenters. The molecule has 3 aromatic carbocycles. The number of aryl methyl sites for hydroxylation is 1. The third kappa shape index (κ3) is 5.45. The van der Waals surface area contributed by atoms with Crippen molar-refractivity contribution in [3.8, 4) is 0 Å². The first-order valence-corrected chi connectivity index (χ1v) is 10.0. The van der Waals surface area contributed by atoms with Gasteiger partial charge in [-0.2, -0.15) is 0 Å². The van der Waals surface area contributed by atoms with Crippen LogP contribution < -0.4 is 10.2 Å². The molecule has 0 spiro atoms. The minimum atomic E-state index is -0.367. The molecule has 0 aliphatic carbocycles. The maximum atomic E-state index is 13.3. The van der Waals surface area contributed by atoms with Gasteiger partial charge < -0.3 is 10.2 Å². The van der Waals surface area contributed by atoms with E-state index < -0.39 is 0 Å². The zero-order valence-corrected chi connectivity index (χ0v) is 17.3. The van der Waals surface area contributed by atoms with Crippen LogP contribution in [0, 0.1) is 12.7 Å². The molecule has 0 radical (unpaired) electrons. The standard InChI is InChI=1S/C24H22ClFN2O2/c1-17-7-9-18(10-8-17)24(30)28(20-13-11-19(26)12-14-20)16-4-15-27-23(29)21-5-2-3-6-22(21)25/h2-3,5-14H,4,15-16H2,1H3,(H,27,29). The van der Waals surface area contributed by atoms with E-state index in [0.29, 0.717) is 41.3 Å². The van der Waals surface area contributed by atoms with Crippen molar-refractivity contribution in [1.82, 2.24) is 5.32 Å². The van der Waals surface area contributed by atoms with Crippen LogP contribution in [-0.4, -0.2) is 24.9 Å². The number of carbonyl (C=O) groups excluding carboxylic acids is 2. The highest BCUT2D eigenvalue weighted by Crippen LogP contribution is 2.19. The molecule has 0 aromatic heterocycles. The van der Waals surface area contributed by atoms with Crippen molar-refractivity contribution in [2.45, 2.75) is 13.3 Å². The van der Waals surface area contributed by atoms with Gasteiger partial charge in [0.1, 0.15) is 5.82 Å². The third-order valence-electron chi connectivity index (χ3n) is 4.64. The Kier molecular flexibility index (Phi) is 7.20. The monoisotopic (exact) mass is 424 g/mol. The molecule has 0 bridgehead atoms. The Hall–Kier alpha value is -3.18. The summed E-state index contributed by atoms with van der Waals surface area (Å²) in [7, 11) is 0. The van der Waals surface area contributed by atoms with Gasteiger partial charge in [-0.25, -0.2) is 4.39 Å². The Labute approximate surface area is 180 Å². The van der Waals surface area contributed by atoms with Crippen LogP contribution in [0.1, 0.15) is 32.7 Å². The zero-order valence-electron chi connectivity index (χ0n) is 16.6. The van der Waals surface area contributed by atoms with Gasteiger partial charge >= 0.3 is 0 Å². The number of hydrogen-bond donors (Lipinski definition) is 1. The molecule has 1 N–H and O–H groups in total. The highest BCUT2D eigenvalue weighted by molar-refractivity contribution is 6.33. The first kappa shape index (κ1) is 21.5. The van der Waals surface area contributed by atoms with Gasteiger partial charge in [-0.05, 0) is 61.9 Å². The maximum Gasteiger partial charge on any atom is 0.258 e. The second kappa shape index (κ2) is 10.0. The number of nitrogens with zero attached hydrogens (tertiary/aromatic N) is 1. The fourth-order valence-electron chi connectivity index (χ4n) is 3.00. The third-order valence-corrected chi connectivity index (χ3v) is 4.97. The van der Waals surface area contributed by atoms with Gasteiger partial charge in [0.05, 0.1) is 10.6 Å². The van der Waals surface area contributed by atoms with Crippen molar-refractivity contribution in [2.24, 2.45) is 0 Å². The lowest BCUT2D eigenvalue weighted by molar-refractivity contribution is 0.0953. The number of carbonyl (C=O) groups is 2. The lowest BCUT2D eigenvalue weighted by atomic mass is 10.1. The summed E-state index contributed by atoms with van der Waals surface area (Å²) >= 11 is 6.05. The summed E-state index contributed by atoms with van der Waals surface area (Å²) in [5.41, 5.74) is 2.61. The molecule has 0 heterocycles. The Balaban J connectivity index is 1.67. The molecular formula is C24H22ClFN2O2. The molecule has 4 nitrogen and oxygen atoms in total. The van der Waals surface area contributed by atoms with Gasteiger partial charge in [-0.15, -0.1) is 0 Å². The van der Waals surface area contributed by atoms with E-state index in [4.69, 9.17) is 11.6 Å². The van der Waals surface area contributed by atoms with Crippen LogP contribution in [0.4, 0.5) is 10.1 Å². The Bertz CT molecular complexity index is 1020. The minimum Gasteiger partial charge on any atom is -0.352 e. The Morgan fingerprint density at radius 3 is 2.30 bits per heavy atom. The molecule has 0 saturated carbocycles. The van der Waals surface area contributed by atoms with Crippen molar-refractivity contribution < 1.29 is 14.0 Å². The fourth-order valence-corrected chi connectivity index (χ4v) is 3.22. The van der Waals surface area contributed by atoms with E-state index in [1.807, 2.05) is 19.1 Å². The number of nitrogens with one attached hydrogen (secondary N) is 1. The summed E-state index contributed by atoms with van der Waals surface area (Å²) in [6.07, 6.45) is 0.519. The molecule has 6 heteroatoms. The van der Waals surface area contributed by atoms with Crippen LogP contribution in [0.25, 0.3) is 0 Å². The number of hydrogen-bond acceptors (Lipinski definition) is 2. The van der Waals surface area contributed by atoms with Crippen molar-refractivity contribution in [3.63, 3.8) is 0 Å². The Morgan fingerprint density at radius 1 is 0.967 bits per heavy atom. The molecular weight excluding hydrogens is 403 g/mol. The van der Waals surface area contributed by atoms with Crippen LogP contribution in [0.15, 0.2) is 72.8 Å². The Morgan fingerprint density at radius 2 is 1.63 bits per heavy atom. The smallest absolute Gasteiger partial charge is 0.258 e. The number of rotatable bonds is 7. The largest absolute Gasteiger partial charge is 0.352 e. The maximum absolute atomic E-state index is 13.3. The van der Waals surface area contributed by atoms with E-state index in [9.17, 15) is 14.0 Å². The average molecular weight is 425 g/mol. The van der Waals surface area contributed by atoms with E-state index >= 15 is 0 Å². The average Bonchev–Trinajstić information content (AvgIpc) is 2.75. The number of amides is 2. The second-order valence-electron chi connectivity index (χ2n) is 6.89. The van der Waals surface area contributed by atoms with E-state index in [1.165, 1.54) is 12.1 Å². The van der Waals surface area contributed by atoms with Crippen molar-refractivity contribution in [2.75, 3.05) is 18.0 Å². The molecule has 3 aromatic rings.